The number of fused-ring (bicyclic) bond motifs is 3. The van der Waals surface area contributed by atoms with E-state index < -0.39 is 17.3 Å². The number of rotatable bonds is 3. The van der Waals surface area contributed by atoms with Crippen molar-refractivity contribution < 1.29 is 18.3 Å². The lowest BCUT2D eigenvalue weighted by Crippen LogP contribution is -2.44. The minimum absolute atomic E-state index is 0.108. The number of pyridine rings is 2. The summed E-state index contributed by atoms with van der Waals surface area (Å²) < 4.78 is 44.2. The summed E-state index contributed by atoms with van der Waals surface area (Å²) in [7, 11) is 0. The first-order valence-electron chi connectivity index (χ1n) is 12.2. The van der Waals surface area contributed by atoms with Crippen molar-refractivity contribution in [2.24, 2.45) is 0 Å². The molecule has 2 aromatic heterocycles. The van der Waals surface area contributed by atoms with Crippen LogP contribution >= 0.6 is 0 Å². The van der Waals surface area contributed by atoms with Crippen molar-refractivity contribution in [3.05, 3.63) is 94.9 Å². The minimum Gasteiger partial charge on any atom is -0.508 e. The lowest BCUT2D eigenvalue weighted by atomic mass is 10.0. The molecule has 192 valence electrons. The van der Waals surface area contributed by atoms with Crippen LogP contribution < -0.4 is 15.8 Å². The molecule has 0 unspecified atom stereocenters. The van der Waals surface area contributed by atoms with Gasteiger partial charge in [0.25, 0.3) is 5.56 Å². The van der Waals surface area contributed by atoms with E-state index >= 15 is 0 Å². The SMILES string of the molecule is O=c1ccc2cnc3ccc(-c4ccc(O)cc4)cc3c2n1-c1ccc(N2CCNCC2)c(C(F)(F)F)c1. The Morgan fingerprint density at radius 3 is 2.34 bits per heavy atom. The summed E-state index contributed by atoms with van der Waals surface area (Å²) in [4.78, 5) is 19.5. The molecule has 1 aliphatic heterocycles. The molecule has 1 saturated heterocycles. The number of aromatic nitrogens is 2. The summed E-state index contributed by atoms with van der Waals surface area (Å²) in [6.45, 7) is 2.13. The van der Waals surface area contributed by atoms with Gasteiger partial charge in [0, 0.05) is 54.9 Å². The fraction of sp³-hybridized carbons (Fsp3) is 0.172. The van der Waals surface area contributed by atoms with E-state index in [4.69, 9.17) is 0 Å². The molecule has 0 bridgehead atoms. The van der Waals surface area contributed by atoms with Crippen LogP contribution in [0, 0.1) is 0 Å². The van der Waals surface area contributed by atoms with Gasteiger partial charge in [0.2, 0.25) is 0 Å². The van der Waals surface area contributed by atoms with Gasteiger partial charge >= 0.3 is 6.18 Å². The number of nitrogens with one attached hydrogen (secondary N) is 1. The highest BCUT2D eigenvalue weighted by atomic mass is 19.4. The molecule has 6 nitrogen and oxygen atoms in total. The Morgan fingerprint density at radius 2 is 1.61 bits per heavy atom. The number of phenols is 1. The summed E-state index contributed by atoms with van der Waals surface area (Å²) in [5.74, 6) is 0.139. The molecular formula is C29H23F3N4O2. The van der Waals surface area contributed by atoms with Gasteiger partial charge in [-0.2, -0.15) is 13.2 Å². The van der Waals surface area contributed by atoms with Crippen LogP contribution in [0.3, 0.4) is 0 Å². The van der Waals surface area contributed by atoms with Crippen molar-refractivity contribution in [1.29, 1.82) is 0 Å². The molecule has 3 heterocycles. The fourth-order valence-electron chi connectivity index (χ4n) is 5.07. The average Bonchev–Trinajstić information content (AvgIpc) is 2.93. The van der Waals surface area contributed by atoms with E-state index in [1.54, 1.807) is 47.5 Å². The number of piperazine rings is 1. The Balaban J connectivity index is 1.60. The number of alkyl halides is 3. The van der Waals surface area contributed by atoms with Crippen LogP contribution in [0.25, 0.3) is 38.6 Å². The molecule has 38 heavy (non-hydrogen) atoms. The smallest absolute Gasteiger partial charge is 0.418 e. The highest BCUT2D eigenvalue weighted by Gasteiger charge is 2.36. The standard InChI is InChI=1S/C29H23F3N4O2/c30-29(31,32)24-16-21(5-9-26(24)35-13-11-33-12-14-35)36-27(38)10-4-20-17-34-25-8-3-19(15-23(25)28(20)36)18-1-6-22(37)7-2-18/h1-10,15-17,33,37H,11-14H2. The first-order chi connectivity index (χ1) is 18.3. The molecule has 1 fully saturated rings. The molecule has 0 aliphatic carbocycles. The number of benzene rings is 3. The Hall–Kier alpha value is -4.37. The van der Waals surface area contributed by atoms with E-state index in [0.29, 0.717) is 48.0 Å². The lowest BCUT2D eigenvalue weighted by Gasteiger charge is -2.32. The zero-order valence-corrected chi connectivity index (χ0v) is 20.2. The number of hydrogen-bond donors (Lipinski definition) is 2. The minimum atomic E-state index is -4.60. The van der Waals surface area contributed by atoms with Gasteiger partial charge in [-0.25, -0.2) is 0 Å². The van der Waals surface area contributed by atoms with Crippen LogP contribution in [0.2, 0.25) is 0 Å². The van der Waals surface area contributed by atoms with Crippen molar-refractivity contribution in [2.45, 2.75) is 6.18 Å². The zero-order chi connectivity index (χ0) is 26.4. The quantitative estimate of drug-likeness (QED) is 0.317. The van der Waals surface area contributed by atoms with Crippen molar-refractivity contribution in [2.75, 3.05) is 31.1 Å². The van der Waals surface area contributed by atoms with E-state index in [-0.39, 0.29) is 17.1 Å². The summed E-state index contributed by atoms with van der Waals surface area (Å²) >= 11 is 0. The highest BCUT2D eigenvalue weighted by molar-refractivity contribution is 6.05. The number of hydrogen-bond acceptors (Lipinski definition) is 5. The van der Waals surface area contributed by atoms with Gasteiger partial charge in [-0.3, -0.25) is 14.3 Å². The number of aromatic hydroxyl groups is 1. The second-order valence-electron chi connectivity index (χ2n) is 9.28. The monoisotopic (exact) mass is 516 g/mol. The Bertz CT molecular complexity index is 1720. The molecule has 0 saturated carbocycles. The van der Waals surface area contributed by atoms with E-state index in [2.05, 4.69) is 10.3 Å². The lowest BCUT2D eigenvalue weighted by molar-refractivity contribution is -0.137. The zero-order valence-electron chi connectivity index (χ0n) is 20.2. The maximum absolute atomic E-state index is 14.3. The van der Waals surface area contributed by atoms with Gasteiger partial charge in [0.05, 0.1) is 22.3 Å². The fourth-order valence-corrected chi connectivity index (χ4v) is 5.07. The summed E-state index contributed by atoms with van der Waals surface area (Å²) in [5.41, 5.74) is 1.77. The Labute approximate surface area is 215 Å². The van der Waals surface area contributed by atoms with E-state index in [1.165, 1.54) is 16.7 Å². The predicted octanol–water partition coefficient (Wildman–Crippen LogP) is 5.34. The maximum Gasteiger partial charge on any atom is 0.418 e. The normalized spacial score (nSPS) is 14.3. The first kappa shape index (κ1) is 24.0. The van der Waals surface area contributed by atoms with E-state index in [0.717, 1.165) is 17.2 Å². The number of anilines is 1. The molecule has 1 aliphatic rings. The maximum atomic E-state index is 14.3. The van der Waals surface area contributed by atoms with Crippen molar-refractivity contribution >= 4 is 27.5 Å². The molecule has 0 atom stereocenters. The third-order valence-electron chi connectivity index (χ3n) is 6.92. The van der Waals surface area contributed by atoms with E-state index in [9.17, 15) is 23.1 Å². The first-order valence-corrected chi connectivity index (χ1v) is 12.2. The third kappa shape index (κ3) is 4.24. The van der Waals surface area contributed by atoms with Crippen LogP contribution in [0.4, 0.5) is 18.9 Å². The number of nitrogens with zero attached hydrogens (tertiary/aromatic N) is 3. The predicted molar refractivity (Wildman–Crippen MR) is 142 cm³/mol. The number of phenolic OH excluding ortho intramolecular Hbond substituents is 1. The van der Waals surface area contributed by atoms with Crippen LogP contribution in [0.15, 0.2) is 83.8 Å². The average molecular weight is 517 g/mol. The van der Waals surface area contributed by atoms with Gasteiger partial charge in [-0.15, -0.1) is 0 Å². The third-order valence-corrected chi connectivity index (χ3v) is 6.92. The van der Waals surface area contributed by atoms with Crippen molar-refractivity contribution in [3.8, 4) is 22.6 Å². The van der Waals surface area contributed by atoms with Crippen LogP contribution in [-0.4, -0.2) is 40.8 Å². The number of halogens is 3. The van der Waals surface area contributed by atoms with Gasteiger partial charge in [-0.05, 0) is 59.7 Å². The molecule has 0 radical (unpaired) electrons. The molecule has 0 amide bonds. The summed E-state index contributed by atoms with van der Waals surface area (Å²) in [6.07, 6.45) is -2.98. The van der Waals surface area contributed by atoms with Crippen LogP contribution in [0.1, 0.15) is 5.56 Å². The van der Waals surface area contributed by atoms with Crippen LogP contribution in [-0.2, 0) is 6.18 Å². The molecule has 5 aromatic rings. The molecular weight excluding hydrogens is 493 g/mol. The van der Waals surface area contributed by atoms with Crippen molar-refractivity contribution in [3.63, 3.8) is 0 Å². The topological polar surface area (TPSA) is 70.4 Å². The second kappa shape index (κ2) is 9.18. The summed E-state index contributed by atoms with van der Waals surface area (Å²) in [5, 5.41) is 14.1. The molecule has 2 N–H and O–H groups in total. The summed E-state index contributed by atoms with van der Waals surface area (Å²) in [6, 6.07) is 19.3. The van der Waals surface area contributed by atoms with Crippen LogP contribution in [0.5, 0.6) is 5.75 Å². The van der Waals surface area contributed by atoms with E-state index in [1.807, 2.05) is 18.2 Å². The van der Waals surface area contributed by atoms with Gasteiger partial charge in [0.1, 0.15) is 5.75 Å². The molecule has 9 heteroatoms. The van der Waals surface area contributed by atoms with Gasteiger partial charge in [-0.1, -0.05) is 18.2 Å². The Morgan fingerprint density at radius 1 is 0.868 bits per heavy atom. The largest absolute Gasteiger partial charge is 0.508 e. The van der Waals surface area contributed by atoms with Gasteiger partial charge < -0.3 is 15.3 Å². The van der Waals surface area contributed by atoms with Gasteiger partial charge in [0.15, 0.2) is 0 Å². The van der Waals surface area contributed by atoms with Crippen molar-refractivity contribution in [1.82, 2.24) is 14.9 Å². The Kier molecular flexibility index (Phi) is 5.80. The molecule has 0 spiro atoms. The highest BCUT2D eigenvalue weighted by Crippen LogP contribution is 2.39. The second-order valence-corrected chi connectivity index (χ2v) is 9.28. The molecule has 6 rings (SSSR count). The molecule has 3 aromatic carbocycles.